The lowest BCUT2D eigenvalue weighted by Gasteiger charge is -2.06. The minimum atomic E-state index is -0.449. The van der Waals surface area contributed by atoms with Gasteiger partial charge in [-0.3, -0.25) is 9.36 Å². The molecular weight excluding hydrogens is 308 g/mol. The Bertz CT molecular complexity index is 910. The maximum atomic E-state index is 12.3. The van der Waals surface area contributed by atoms with E-state index in [0.29, 0.717) is 29.6 Å². The van der Waals surface area contributed by atoms with E-state index in [1.54, 1.807) is 30.3 Å². The lowest BCUT2D eigenvalue weighted by atomic mass is 10.2. The van der Waals surface area contributed by atoms with E-state index in [0.717, 1.165) is 0 Å². The Labute approximate surface area is 138 Å². The average molecular weight is 324 g/mol. The van der Waals surface area contributed by atoms with Gasteiger partial charge in [0.15, 0.2) is 0 Å². The van der Waals surface area contributed by atoms with Crippen molar-refractivity contribution in [2.45, 2.75) is 13.0 Å². The molecule has 1 aromatic carbocycles. The van der Waals surface area contributed by atoms with Gasteiger partial charge in [0, 0.05) is 12.6 Å². The number of hydrogen-bond acceptors (Lipinski definition) is 5. The minimum Gasteiger partial charge on any atom is -0.465 e. The van der Waals surface area contributed by atoms with Gasteiger partial charge in [-0.1, -0.05) is 12.1 Å². The van der Waals surface area contributed by atoms with Crippen LogP contribution in [-0.2, 0) is 16.1 Å². The second-order valence-electron chi connectivity index (χ2n) is 5.13. The van der Waals surface area contributed by atoms with Crippen LogP contribution in [0.15, 0.2) is 64.3 Å². The van der Waals surface area contributed by atoms with Gasteiger partial charge in [-0.15, -0.1) is 0 Å². The monoisotopic (exact) mass is 324 g/mol. The first-order chi connectivity index (χ1) is 11.7. The first-order valence-electron chi connectivity index (χ1n) is 7.56. The molecule has 0 spiro atoms. The van der Waals surface area contributed by atoms with Gasteiger partial charge in [0.2, 0.25) is 0 Å². The number of hydrogen-bond donors (Lipinski definition) is 0. The van der Waals surface area contributed by atoms with Gasteiger partial charge in [-0.2, -0.15) is 0 Å². The van der Waals surface area contributed by atoms with Crippen LogP contribution in [0.1, 0.15) is 12.2 Å². The molecule has 24 heavy (non-hydrogen) atoms. The van der Waals surface area contributed by atoms with E-state index in [4.69, 9.17) is 9.15 Å². The van der Waals surface area contributed by atoms with Crippen molar-refractivity contribution in [2.75, 3.05) is 6.61 Å². The highest BCUT2D eigenvalue weighted by atomic mass is 16.5. The standard InChI is InChI=1S/C18H16N2O4/c21-17(9-8-14-5-3-11-23-14)24-12-4-10-20-13-19-16-7-2-1-6-15(16)18(20)22/h1-3,5-9,11,13H,4,10,12H2/b9-8+. The number of benzene rings is 1. The van der Waals surface area contributed by atoms with Crippen LogP contribution in [0.4, 0.5) is 0 Å². The van der Waals surface area contributed by atoms with Crippen LogP contribution in [0.5, 0.6) is 0 Å². The van der Waals surface area contributed by atoms with Crippen LogP contribution in [0.2, 0.25) is 0 Å². The molecule has 0 N–H and O–H groups in total. The van der Waals surface area contributed by atoms with Crippen molar-refractivity contribution in [3.8, 4) is 0 Å². The molecule has 2 aromatic heterocycles. The zero-order valence-electron chi connectivity index (χ0n) is 12.9. The van der Waals surface area contributed by atoms with Crippen LogP contribution in [-0.4, -0.2) is 22.1 Å². The summed E-state index contributed by atoms with van der Waals surface area (Å²) in [5, 5.41) is 0.582. The Morgan fingerprint density at radius 3 is 2.96 bits per heavy atom. The second-order valence-corrected chi connectivity index (χ2v) is 5.13. The summed E-state index contributed by atoms with van der Waals surface area (Å²) >= 11 is 0. The van der Waals surface area contributed by atoms with Gasteiger partial charge in [-0.25, -0.2) is 9.78 Å². The Hall–Kier alpha value is -3.15. The third-order valence-electron chi connectivity index (χ3n) is 3.45. The molecule has 6 heteroatoms. The van der Waals surface area contributed by atoms with Gasteiger partial charge in [0.1, 0.15) is 5.76 Å². The second kappa shape index (κ2) is 7.41. The third-order valence-corrected chi connectivity index (χ3v) is 3.45. The van der Waals surface area contributed by atoms with Crippen LogP contribution < -0.4 is 5.56 Å². The van der Waals surface area contributed by atoms with E-state index >= 15 is 0 Å². The fourth-order valence-corrected chi connectivity index (χ4v) is 2.26. The number of furan rings is 1. The Morgan fingerprint density at radius 1 is 1.25 bits per heavy atom. The van der Waals surface area contributed by atoms with Crippen LogP contribution in [0, 0.1) is 0 Å². The van der Waals surface area contributed by atoms with E-state index in [1.807, 2.05) is 12.1 Å². The fraction of sp³-hybridized carbons (Fsp3) is 0.167. The smallest absolute Gasteiger partial charge is 0.330 e. The lowest BCUT2D eigenvalue weighted by molar-refractivity contribution is -0.137. The number of para-hydroxylation sites is 1. The van der Waals surface area contributed by atoms with Crippen molar-refractivity contribution in [2.24, 2.45) is 0 Å². The Balaban J connectivity index is 1.51. The minimum absolute atomic E-state index is 0.0929. The van der Waals surface area contributed by atoms with Gasteiger partial charge >= 0.3 is 5.97 Å². The van der Waals surface area contributed by atoms with Gasteiger partial charge in [0.25, 0.3) is 5.56 Å². The molecule has 0 saturated carbocycles. The quantitative estimate of drug-likeness (QED) is 0.396. The van der Waals surface area contributed by atoms with E-state index in [1.165, 1.54) is 23.2 Å². The maximum Gasteiger partial charge on any atom is 0.330 e. The SMILES string of the molecule is O=C(/C=C/c1ccco1)OCCCn1cnc2ccccc2c1=O. The van der Waals surface area contributed by atoms with E-state index in [-0.39, 0.29) is 12.2 Å². The molecule has 0 bridgehead atoms. The molecule has 0 radical (unpaired) electrons. The molecule has 0 aliphatic rings. The molecular formula is C18H16N2O4. The predicted octanol–water partition coefficient (Wildman–Crippen LogP) is 2.64. The van der Waals surface area contributed by atoms with Crippen LogP contribution in [0.3, 0.4) is 0 Å². The van der Waals surface area contributed by atoms with Crippen molar-refractivity contribution in [3.63, 3.8) is 0 Å². The van der Waals surface area contributed by atoms with Crippen molar-refractivity contribution < 1.29 is 13.9 Å². The summed E-state index contributed by atoms with van der Waals surface area (Å²) in [6.45, 7) is 0.659. The Morgan fingerprint density at radius 2 is 2.12 bits per heavy atom. The molecule has 2 heterocycles. The molecule has 0 amide bonds. The largest absolute Gasteiger partial charge is 0.465 e. The third kappa shape index (κ3) is 3.78. The molecule has 0 aliphatic carbocycles. The predicted molar refractivity (Wildman–Crippen MR) is 89.3 cm³/mol. The maximum absolute atomic E-state index is 12.3. The van der Waals surface area contributed by atoms with E-state index in [2.05, 4.69) is 4.98 Å². The van der Waals surface area contributed by atoms with E-state index < -0.39 is 5.97 Å². The zero-order valence-corrected chi connectivity index (χ0v) is 12.9. The zero-order chi connectivity index (χ0) is 16.8. The summed E-state index contributed by atoms with van der Waals surface area (Å²) in [7, 11) is 0. The number of carbonyl (C=O) groups excluding carboxylic acids is 1. The van der Waals surface area contributed by atoms with Crippen LogP contribution >= 0.6 is 0 Å². The summed E-state index contributed by atoms with van der Waals surface area (Å²) in [5.74, 6) is 0.135. The summed E-state index contributed by atoms with van der Waals surface area (Å²) in [4.78, 5) is 28.1. The number of esters is 1. The Kier molecular flexibility index (Phi) is 4.86. The van der Waals surface area contributed by atoms with Crippen molar-refractivity contribution >= 4 is 22.9 Å². The van der Waals surface area contributed by atoms with Gasteiger partial charge < -0.3 is 9.15 Å². The highest BCUT2D eigenvalue weighted by molar-refractivity contribution is 5.86. The normalized spacial score (nSPS) is 11.2. The first kappa shape index (κ1) is 15.7. The highest BCUT2D eigenvalue weighted by Gasteiger charge is 2.04. The molecule has 0 saturated heterocycles. The average Bonchev–Trinajstić information content (AvgIpc) is 3.12. The van der Waals surface area contributed by atoms with Crippen LogP contribution in [0.25, 0.3) is 17.0 Å². The topological polar surface area (TPSA) is 74.3 Å². The van der Waals surface area contributed by atoms with Gasteiger partial charge in [0.05, 0.1) is 30.1 Å². The molecule has 0 fully saturated rings. The summed E-state index contributed by atoms with van der Waals surface area (Å²) < 4.78 is 11.7. The number of nitrogens with zero attached hydrogens (tertiary/aromatic N) is 2. The van der Waals surface area contributed by atoms with Crippen molar-refractivity contribution in [1.29, 1.82) is 0 Å². The summed E-state index contributed by atoms with van der Waals surface area (Å²) in [5.41, 5.74) is 0.581. The van der Waals surface area contributed by atoms with E-state index in [9.17, 15) is 9.59 Å². The summed E-state index contributed by atoms with van der Waals surface area (Å²) in [6.07, 6.45) is 6.42. The molecule has 3 rings (SSSR count). The molecule has 6 nitrogen and oxygen atoms in total. The van der Waals surface area contributed by atoms with Gasteiger partial charge in [-0.05, 0) is 36.8 Å². The first-order valence-corrected chi connectivity index (χ1v) is 7.56. The number of ether oxygens (including phenoxy) is 1. The number of aromatic nitrogens is 2. The highest BCUT2D eigenvalue weighted by Crippen LogP contribution is 2.05. The molecule has 0 atom stereocenters. The lowest BCUT2D eigenvalue weighted by Crippen LogP contribution is -2.21. The number of carbonyl (C=O) groups is 1. The number of aryl methyl sites for hydroxylation is 1. The molecule has 0 unspecified atom stereocenters. The summed E-state index contributed by atoms with van der Waals surface area (Å²) in [6, 6.07) is 10.7. The van der Waals surface area contributed by atoms with Crippen molar-refractivity contribution in [1.82, 2.24) is 9.55 Å². The molecule has 0 aliphatic heterocycles. The molecule has 122 valence electrons. The number of fused-ring (bicyclic) bond motifs is 1. The van der Waals surface area contributed by atoms with Crippen molar-refractivity contribution in [3.05, 3.63) is 71.2 Å². The fourth-order valence-electron chi connectivity index (χ4n) is 2.26. The number of rotatable bonds is 6. The molecule has 3 aromatic rings.